The van der Waals surface area contributed by atoms with Crippen molar-refractivity contribution in [2.24, 2.45) is 0 Å². The Morgan fingerprint density at radius 3 is 2.13 bits per heavy atom. The molecule has 0 aliphatic heterocycles. The molecule has 1 atom stereocenters. The van der Waals surface area contributed by atoms with Crippen molar-refractivity contribution in [2.45, 2.75) is 92.1 Å². The van der Waals surface area contributed by atoms with E-state index in [0.717, 1.165) is 6.07 Å². The number of nitrogens with zero attached hydrogens (tertiary/aromatic N) is 2. The van der Waals surface area contributed by atoms with E-state index in [9.17, 15) is 25.0 Å². The van der Waals surface area contributed by atoms with Crippen molar-refractivity contribution in [3.8, 4) is 5.75 Å². The summed E-state index contributed by atoms with van der Waals surface area (Å²) < 4.78 is 9.80. The molecule has 0 spiro atoms. The summed E-state index contributed by atoms with van der Waals surface area (Å²) in [6.45, 7) is 11.2. The van der Waals surface area contributed by atoms with Crippen LogP contribution in [0.4, 0.5) is 16.2 Å². The highest BCUT2D eigenvalue weighted by Gasteiger charge is 2.29. The van der Waals surface area contributed by atoms with E-state index < -0.39 is 33.5 Å². The van der Waals surface area contributed by atoms with E-state index in [0.29, 0.717) is 6.42 Å². The molecule has 0 saturated carbocycles. The fourth-order valence-electron chi connectivity index (χ4n) is 2.56. The van der Waals surface area contributed by atoms with E-state index in [1.165, 1.54) is 38.2 Å². The number of benzene rings is 1. The second-order valence-corrected chi connectivity index (χ2v) is 7.45. The molecular weight excluding hydrogens is 404 g/mol. The van der Waals surface area contributed by atoms with Gasteiger partial charge in [0.1, 0.15) is 0 Å². The van der Waals surface area contributed by atoms with Gasteiger partial charge in [-0.3, -0.25) is 20.2 Å². The molecule has 1 unspecified atom stereocenters. The monoisotopic (exact) mass is 439 g/mol. The first kappa shape index (κ1) is 28.3. The van der Waals surface area contributed by atoms with Crippen molar-refractivity contribution in [1.82, 2.24) is 0 Å². The van der Waals surface area contributed by atoms with Crippen molar-refractivity contribution in [1.29, 1.82) is 0 Å². The van der Waals surface area contributed by atoms with Crippen molar-refractivity contribution in [2.75, 3.05) is 0 Å². The molecule has 1 aromatic rings. The van der Waals surface area contributed by atoms with Gasteiger partial charge in [0.2, 0.25) is 5.75 Å². The normalized spacial score (nSPS) is 11.3. The summed E-state index contributed by atoms with van der Waals surface area (Å²) in [5, 5.41) is 22.2. The molecular formula is C22H35N2O7. The summed E-state index contributed by atoms with van der Waals surface area (Å²) in [7, 11) is 0. The first-order valence-electron chi connectivity index (χ1n) is 10.8. The summed E-state index contributed by atoms with van der Waals surface area (Å²) >= 11 is 0. The van der Waals surface area contributed by atoms with Gasteiger partial charge in [-0.05, 0) is 32.6 Å². The Balaban J connectivity index is 0.000000954. The maximum Gasteiger partial charge on any atom is 0.514 e. The minimum atomic E-state index is -1.10. The van der Waals surface area contributed by atoms with Crippen LogP contribution in [-0.4, -0.2) is 22.1 Å². The molecule has 9 nitrogen and oxygen atoms in total. The SMILES string of the molecule is CCC(C)c1cc([N+](=O)[O-])cc([N+](=O)[O-])c1OC(=O)OC(C)C.CCC[CH]CCCC. The average molecular weight is 440 g/mol. The van der Waals surface area contributed by atoms with Crippen LogP contribution in [0.2, 0.25) is 0 Å². The van der Waals surface area contributed by atoms with Crippen LogP contribution in [-0.2, 0) is 4.74 Å². The third kappa shape index (κ3) is 10.8. The summed E-state index contributed by atoms with van der Waals surface area (Å²) in [6.07, 6.45) is 8.03. The largest absolute Gasteiger partial charge is 0.514 e. The highest BCUT2D eigenvalue weighted by molar-refractivity contribution is 5.70. The highest BCUT2D eigenvalue weighted by Crippen LogP contribution is 2.40. The van der Waals surface area contributed by atoms with Crippen LogP contribution < -0.4 is 4.74 Å². The quantitative estimate of drug-likeness (QED) is 0.118. The van der Waals surface area contributed by atoms with Crippen molar-refractivity contribution >= 4 is 17.5 Å². The number of hydrogen-bond acceptors (Lipinski definition) is 7. The van der Waals surface area contributed by atoms with Crippen molar-refractivity contribution in [3.63, 3.8) is 0 Å². The van der Waals surface area contributed by atoms with E-state index in [1.54, 1.807) is 20.8 Å². The smallest absolute Gasteiger partial charge is 0.431 e. The minimum absolute atomic E-state index is 0.217. The zero-order chi connectivity index (χ0) is 24.0. The van der Waals surface area contributed by atoms with Crippen LogP contribution in [0.5, 0.6) is 5.75 Å². The Kier molecular flexibility index (Phi) is 13.8. The van der Waals surface area contributed by atoms with E-state index in [2.05, 4.69) is 20.3 Å². The average Bonchev–Trinajstić information content (AvgIpc) is 2.70. The molecule has 0 saturated heterocycles. The molecule has 0 amide bonds. The number of unbranched alkanes of at least 4 members (excludes halogenated alkanes) is 5. The van der Waals surface area contributed by atoms with Crippen LogP contribution in [0, 0.1) is 26.6 Å². The Hall–Kier alpha value is -2.71. The fourth-order valence-corrected chi connectivity index (χ4v) is 2.56. The van der Waals surface area contributed by atoms with Crippen molar-refractivity contribution < 1.29 is 24.1 Å². The molecule has 1 rings (SSSR count). The summed E-state index contributed by atoms with van der Waals surface area (Å²) in [5.74, 6) is -0.601. The van der Waals surface area contributed by atoms with Gasteiger partial charge in [0, 0.05) is 11.6 Å². The van der Waals surface area contributed by atoms with E-state index >= 15 is 0 Å². The Labute approximate surface area is 184 Å². The predicted molar refractivity (Wildman–Crippen MR) is 119 cm³/mol. The summed E-state index contributed by atoms with van der Waals surface area (Å²) in [6, 6.07) is 1.95. The minimum Gasteiger partial charge on any atom is -0.431 e. The highest BCUT2D eigenvalue weighted by atomic mass is 16.7. The Morgan fingerprint density at radius 2 is 1.68 bits per heavy atom. The van der Waals surface area contributed by atoms with Crippen LogP contribution in [0.25, 0.3) is 0 Å². The van der Waals surface area contributed by atoms with Gasteiger partial charge in [-0.25, -0.2) is 4.79 Å². The Bertz CT molecular complexity index is 714. The van der Waals surface area contributed by atoms with Gasteiger partial charge in [0.15, 0.2) is 0 Å². The molecule has 1 radical (unpaired) electrons. The maximum atomic E-state index is 11.7. The van der Waals surface area contributed by atoms with E-state index in [-0.39, 0.29) is 17.2 Å². The van der Waals surface area contributed by atoms with Gasteiger partial charge in [0.05, 0.1) is 22.0 Å². The molecule has 0 bridgehead atoms. The van der Waals surface area contributed by atoms with E-state index in [4.69, 9.17) is 9.47 Å². The molecule has 175 valence electrons. The Morgan fingerprint density at radius 1 is 1.03 bits per heavy atom. The van der Waals surface area contributed by atoms with E-state index in [1.807, 2.05) is 6.92 Å². The van der Waals surface area contributed by atoms with Gasteiger partial charge >= 0.3 is 11.8 Å². The van der Waals surface area contributed by atoms with Crippen LogP contribution in [0.1, 0.15) is 91.5 Å². The van der Waals surface area contributed by atoms with Gasteiger partial charge in [-0.1, -0.05) is 59.8 Å². The molecule has 9 heteroatoms. The number of nitro groups is 2. The third-order valence-electron chi connectivity index (χ3n) is 4.41. The van der Waals surface area contributed by atoms with Gasteiger partial charge < -0.3 is 9.47 Å². The second kappa shape index (κ2) is 15.1. The standard InChI is InChI=1S/C14H18N2O7.C8H17/c1-5-9(4)11-6-10(15(18)19)7-12(16(20)21)13(11)23-14(17)22-8(2)3;1-3-5-7-8-6-4-2/h6-9H,5H2,1-4H3;7H,3-6,8H2,1-2H3. The van der Waals surface area contributed by atoms with Gasteiger partial charge in [-0.15, -0.1) is 0 Å². The molecule has 0 aromatic heterocycles. The maximum absolute atomic E-state index is 11.7. The zero-order valence-corrected chi connectivity index (χ0v) is 19.4. The lowest BCUT2D eigenvalue weighted by Gasteiger charge is -2.15. The van der Waals surface area contributed by atoms with Gasteiger partial charge in [-0.2, -0.15) is 0 Å². The number of hydrogen-bond donors (Lipinski definition) is 0. The summed E-state index contributed by atoms with van der Waals surface area (Å²) in [4.78, 5) is 32.3. The zero-order valence-electron chi connectivity index (χ0n) is 19.4. The van der Waals surface area contributed by atoms with Crippen LogP contribution in [0.3, 0.4) is 0 Å². The molecule has 0 aliphatic rings. The number of ether oxygens (including phenoxy) is 2. The second-order valence-electron chi connectivity index (χ2n) is 7.45. The summed E-state index contributed by atoms with van der Waals surface area (Å²) in [5.41, 5.74) is -0.860. The predicted octanol–water partition coefficient (Wildman–Crippen LogP) is 7.12. The molecule has 1 aromatic carbocycles. The van der Waals surface area contributed by atoms with Gasteiger partial charge in [0.25, 0.3) is 5.69 Å². The third-order valence-corrected chi connectivity index (χ3v) is 4.41. The van der Waals surface area contributed by atoms with Crippen molar-refractivity contribution in [3.05, 3.63) is 44.3 Å². The van der Waals surface area contributed by atoms with Crippen LogP contribution in [0.15, 0.2) is 12.1 Å². The van der Waals surface area contributed by atoms with Crippen LogP contribution >= 0.6 is 0 Å². The lowest BCUT2D eigenvalue weighted by atomic mass is 9.96. The molecule has 0 heterocycles. The first-order valence-corrected chi connectivity index (χ1v) is 10.8. The first-order chi connectivity index (χ1) is 14.6. The molecule has 0 fully saturated rings. The number of carbonyl (C=O) groups excluding carboxylic acids is 1. The molecule has 31 heavy (non-hydrogen) atoms. The lowest BCUT2D eigenvalue weighted by Crippen LogP contribution is -2.17. The molecule has 0 aliphatic carbocycles. The topological polar surface area (TPSA) is 122 Å². The number of carbonyl (C=O) groups is 1. The number of rotatable bonds is 11. The number of nitro benzene ring substituents is 2. The molecule has 0 N–H and O–H groups in total. The number of non-ortho nitro benzene ring substituents is 1. The fraction of sp³-hybridized carbons (Fsp3) is 0.636. The lowest BCUT2D eigenvalue weighted by molar-refractivity contribution is -0.394.